The van der Waals surface area contributed by atoms with Crippen LogP contribution in [0.3, 0.4) is 0 Å². The van der Waals surface area contributed by atoms with Crippen LogP contribution in [0.2, 0.25) is 0 Å². The van der Waals surface area contributed by atoms with Gasteiger partial charge in [0.05, 0.1) is 5.60 Å². The Kier molecular flexibility index (Phi) is 3.33. The maximum Gasteiger partial charge on any atom is 0.0651 e. The van der Waals surface area contributed by atoms with Gasteiger partial charge in [-0.2, -0.15) is 5.10 Å². The fraction of sp³-hybridized carbons (Fsp3) is 0.769. The molecule has 0 amide bonds. The Hall–Kier alpha value is -0.830. The van der Waals surface area contributed by atoms with E-state index in [9.17, 15) is 5.11 Å². The third-order valence-electron chi connectivity index (χ3n) is 3.97. The topological polar surface area (TPSA) is 38.1 Å². The van der Waals surface area contributed by atoms with Crippen molar-refractivity contribution in [2.75, 3.05) is 0 Å². The molecule has 1 aliphatic carbocycles. The van der Waals surface area contributed by atoms with E-state index >= 15 is 0 Å². The van der Waals surface area contributed by atoms with Gasteiger partial charge < -0.3 is 5.11 Å². The number of nitrogens with zero attached hydrogens (tertiary/aromatic N) is 2. The van der Waals surface area contributed by atoms with Crippen LogP contribution in [0.4, 0.5) is 0 Å². The fourth-order valence-corrected chi connectivity index (χ4v) is 2.56. The maximum atomic E-state index is 10.4. The van der Waals surface area contributed by atoms with Crippen LogP contribution in [0, 0.1) is 5.92 Å². The van der Waals surface area contributed by atoms with E-state index in [0.717, 1.165) is 31.6 Å². The molecule has 1 aromatic rings. The Morgan fingerprint density at radius 2 is 2.19 bits per heavy atom. The molecular formula is C13H22N2O. The molecule has 3 nitrogen and oxygen atoms in total. The Morgan fingerprint density at radius 3 is 2.75 bits per heavy atom. The monoisotopic (exact) mass is 222 g/mol. The SMILES string of the molecule is CC1CCC(O)(CCc2ccnn2C)CC1. The molecule has 0 atom stereocenters. The predicted octanol–water partition coefficient (Wildman–Crippen LogP) is 2.29. The molecule has 1 saturated carbocycles. The third-order valence-corrected chi connectivity index (χ3v) is 3.97. The number of hydrogen-bond donors (Lipinski definition) is 1. The molecule has 2 rings (SSSR count). The van der Waals surface area contributed by atoms with Crippen LogP contribution in [0.15, 0.2) is 12.3 Å². The van der Waals surface area contributed by atoms with Crippen molar-refractivity contribution in [1.82, 2.24) is 9.78 Å². The van der Waals surface area contributed by atoms with Crippen molar-refractivity contribution in [2.45, 2.75) is 51.0 Å². The standard InChI is InChI=1S/C13H22N2O/c1-11-3-7-13(16,8-4-11)9-5-12-6-10-14-15(12)2/h6,10-11,16H,3-5,7-9H2,1-2H3. The van der Waals surface area contributed by atoms with E-state index in [4.69, 9.17) is 0 Å². The summed E-state index contributed by atoms with van der Waals surface area (Å²) >= 11 is 0. The van der Waals surface area contributed by atoms with E-state index in [2.05, 4.69) is 12.0 Å². The minimum absolute atomic E-state index is 0.420. The minimum Gasteiger partial charge on any atom is -0.390 e. The van der Waals surface area contributed by atoms with E-state index < -0.39 is 5.60 Å². The second-order valence-corrected chi connectivity index (χ2v) is 5.35. The smallest absolute Gasteiger partial charge is 0.0651 e. The second kappa shape index (κ2) is 4.58. The van der Waals surface area contributed by atoms with Crippen molar-refractivity contribution in [2.24, 2.45) is 13.0 Å². The molecule has 0 radical (unpaired) electrons. The van der Waals surface area contributed by atoms with Crippen molar-refractivity contribution in [3.63, 3.8) is 0 Å². The van der Waals surface area contributed by atoms with E-state index in [1.807, 2.05) is 24.0 Å². The van der Waals surface area contributed by atoms with Gasteiger partial charge in [-0.15, -0.1) is 0 Å². The van der Waals surface area contributed by atoms with Gasteiger partial charge in [0.15, 0.2) is 0 Å². The number of rotatable bonds is 3. The quantitative estimate of drug-likeness (QED) is 0.852. The molecule has 1 heterocycles. The van der Waals surface area contributed by atoms with E-state index in [1.54, 1.807) is 0 Å². The molecular weight excluding hydrogens is 200 g/mol. The lowest BCUT2D eigenvalue weighted by Gasteiger charge is -2.35. The number of hydrogen-bond acceptors (Lipinski definition) is 2. The summed E-state index contributed by atoms with van der Waals surface area (Å²) in [5, 5.41) is 14.6. The highest BCUT2D eigenvalue weighted by Crippen LogP contribution is 2.34. The second-order valence-electron chi connectivity index (χ2n) is 5.35. The van der Waals surface area contributed by atoms with Gasteiger partial charge in [0.25, 0.3) is 0 Å². The summed E-state index contributed by atoms with van der Waals surface area (Å²) in [5.41, 5.74) is 0.795. The summed E-state index contributed by atoms with van der Waals surface area (Å²) in [6.45, 7) is 2.28. The van der Waals surface area contributed by atoms with Gasteiger partial charge in [-0.25, -0.2) is 0 Å². The molecule has 1 aliphatic rings. The Bertz CT molecular complexity index is 337. The molecule has 1 aromatic heterocycles. The first-order chi connectivity index (χ1) is 7.59. The van der Waals surface area contributed by atoms with Gasteiger partial charge in [0, 0.05) is 18.9 Å². The highest BCUT2D eigenvalue weighted by Gasteiger charge is 2.31. The largest absolute Gasteiger partial charge is 0.390 e. The zero-order chi connectivity index (χ0) is 11.6. The number of aromatic nitrogens is 2. The summed E-state index contributed by atoms with van der Waals surface area (Å²) in [5.74, 6) is 0.789. The normalized spacial score (nSPS) is 30.6. The lowest BCUT2D eigenvalue weighted by atomic mass is 9.77. The maximum absolute atomic E-state index is 10.4. The third kappa shape index (κ3) is 2.64. The molecule has 16 heavy (non-hydrogen) atoms. The molecule has 0 spiro atoms. The first kappa shape index (κ1) is 11.6. The molecule has 1 fully saturated rings. The molecule has 0 bridgehead atoms. The summed E-state index contributed by atoms with van der Waals surface area (Å²) < 4.78 is 1.90. The summed E-state index contributed by atoms with van der Waals surface area (Å²) in [6.07, 6.45) is 7.89. The number of aliphatic hydroxyl groups is 1. The zero-order valence-corrected chi connectivity index (χ0v) is 10.3. The Balaban J connectivity index is 1.88. The van der Waals surface area contributed by atoms with Crippen LogP contribution >= 0.6 is 0 Å². The first-order valence-electron chi connectivity index (χ1n) is 6.28. The van der Waals surface area contributed by atoms with Gasteiger partial charge in [0.2, 0.25) is 0 Å². The predicted molar refractivity (Wildman–Crippen MR) is 64.1 cm³/mol. The van der Waals surface area contributed by atoms with Crippen LogP contribution in [0.5, 0.6) is 0 Å². The van der Waals surface area contributed by atoms with Crippen LogP contribution in [-0.2, 0) is 13.5 Å². The van der Waals surface area contributed by atoms with Crippen molar-refractivity contribution in [1.29, 1.82) is 0 Å². The summed E-state index contributed by atoms with van der Waals surface area (Å²) in [7, 11) is 1.96. The molecule has 0 unspecified atom stereocenters. The average molecular weight is 222 g/mol. The highest BCUT2D eigenvalue weighted by atomic mass is 16.3. The molecule has 3 heteroatoms. The van der Waals surface area contributed by atoms with E-state index in [0.29, 0.717) is 0 Å². The Morgan fingerprint density at radius 1 is 1.50 bits per heavy atom. The zero-order valence-electron chi connectivity index (χ0n) is 10.3. The Labute approximate surface area is 97.5 Å². The van der Waals surface area contributed by atoms with Gasteiger partial charge in [-0.05, 0) is 50.5 Å². The highest BCUT2D eigenvalue weighted by molar-refractivity contribution is 5.01. The van der Waals surface area contributed by atoms with Crippen molar-refractivity contribution < 1.29 is 5.11 Å². The lowest BCUT2D eigenvalue weighted by Crippen LogP contribution is -2.34. The fourth-order valence-electron chi connectivity index (χ4n) is 2.56. The van der Waals surface area contributed by atoms with E-state index in [-0.39, 0.29) is 0 Å². The first-order valence-corrected chi connectivity index (χ1v) is 6.28. The van der Waals surface area contributed by atoms with Crippen molar-refractivity contribution in [3.05, 3.63) is 18.0 Å². The van der Waals surface area contributed by atoms with Crippen LogP contribution < -0.4 is 0 Å². The molecule has 90 valence electrons. The number of aryl methyl sites for hydroxylation is 2. The average Bonchev–Trinajstić information content (AvgIpc) is 2.67. The molecule has 0 saturated heterocycles. The van der Waals surface area contributed by atoms with Crippen LogP contribution in [0.1, 0.15) is 44.7 Å². The van der Waals surface area contributed by atoms with E-state index in [1.165, 1.54) is 18.5 Å². The van der Waals surface area contributed by atoms with Crippen molar-refractivity contribution in [3.8, 4) is 0 Å². The van der Waals surface area contributed by atoms with Gasteiger partial charge in [-0.1, -0.05) is 6.92 Å². The molecule has 1 N–H and O–H groups in total. The lowest BCUT2D eigenvalue weighted by molar-refractivity contribution is -0.0145. The minimum atomic E-state index is -0.420. The van der Waals surface area contributed by atoms with Crippen molar-refractivity contribution >= 4 is 0 Å². The van der Waals surface area contributed by atoms with Gasteiger partial charge >= 0.3 is 0 Å². The molecule has 0 aliphatic heterocycles. The van der Waals surface area contributed by atoms with Crippen LogP contribution in [0.25, 0.3) is 0 Å². The molecule has 0 aromatic carbocycles. The van der Waals surface area contributed by atoms with Crippen LogP contribution in [-0.4, -0.2) is 20.5 Å². The van der Waals surface area contributed by atoms with Gasteiger partial charge in [-0.3, -0.25) is 4.68 Å². The summed E-state index contributed by atoms with van der Waals surface area (Å²) in [4.78, 5) is 0. The summed E-state index contributed by atoms with van der Waals surface area (Å²) in [6, 6.07) is 2.04. The van der Waals surface area contributed by atoms with Gasteiger partial charge in [0.1, 0.15) is 0 Å².